The summed E-state index contributed by atoms with van der Waals surface area (Å²) in [5.41, 5.74) is 0.646. The molecule has 0 aliphatic carbocycles. The van der Waals surface area contributed by atoms with E-state index in [9.17, 15) is 24.0 Å². The van der Waals surface area contributed by atoms with Crippen molar-refractivity contribution in [3.63, 3.8) is 0 Å². The van der Waals surface area contributed by atoms with Gasteiger partial charge in [0.05, 0.1) is 28.3 Å². The van der Waals surface area contributed by atoms with E-state index in [1.54, 1.807) is 19.9 Å². The average Bonchev–Trinajstić information content (AvgIpc) is 3.36. The van der Waals surface area contributed by atoms with Crippen LogP contribution < -0.4 is 10.9 Å². The van der Waals surface area contributed by atoms with E-state index in [4.69, 9.17) is 18.9 Å². The van der Waals surface area contributed by atoms with Crippen LogP contribution in [0.4, 0.5) is 5.95 Å². The van der Waals surface area contributed by atoms with Gasteiger partial charge in [0.2, 0.25) is 11.9 Å². The molecule has 1 aromatic carbocycles. The number of esters is 3. The number of nitrogens with one attached hydrogen (secondary N) is 2. The van der Waals surface area contributed by atoms with Gasteiger partial charge in [0.1, 0.15) is 12.7 Å². The predicted octanol–water partition coefficient (Wildman–Crippen LogP) is 1.19. The molecule has 0 saturated carbocycles. The molecule has 3 heterocycles. The number of nitrogens with zero attached hydrogens (tertiary/aromatic N) is 3. The van der Waals surface area contributed by atoms with Gasteiger partial charge >= 0.3 is 17.9 Å². The van der Waals surface area contributed by atoms with Gasteiger partial charge in [0, 0.05) is 26.7 Å². The van der Waals surface area contributed by atoms with Gasteiger partial charge in [-0.1, -0.05) is 13.8 Å². The summed E-state index contributed by atoms with van der Waals surface area (Å²) in [5.74, 6) is -2.49. The van der Waals surface area contributed by atoms with E-state index in [1.165, 1.54) is 37.7 Å². The molecule has 3 aromatic rings. The quantitative estimate of drug-likeness (QED) is 0.331. The van der Waals surface area contributed by atoms with Crippen molar-refractivity contribution in [3.05, 3.63) is 28.8 Å². The minimum Gasteiger partial charge on any atom is -0.463 e. The second-order valence-corrected chi connectivity index (χ2v) is 9.08. The highest BCUT2D eigenvalue weighted by Gasteiger charge is 2.50. The van der Waals surface area contributed by atoms with Crippen LogP contribution in [0.25, 0.3) is 21.9 Å². The fourth-order valence-corrected chi connectivity index (χ4v) is 4.10. The fraction of sp³-hybridized carbons (Fsp3) is 0.458. The number of imidazole rings is 1. The van der Waals surface area contributed by atoms with Gasteiger partial charge < -0.3 is 23.5 Å². The number of H-pyrrole nitrogens is 1. The molecule has 1 aliphatic rings. The summed E-state index contributed by atoms with van der Waals surface area (Å²) >= 11 is 0. The first kappa shape index (κ1) is 26.7. The molecular weight excluding hydrogens is 502 g/mol. The Kier molecular flexibility index (Phi) is 7.44. The van der Waals surface area contributed by atoms with Crippen LogP contribution in [0, 0.1) is 5.92 Å². The lowest BCUT2D eigenvalue weighted by atomic mass is 10.1. The summed E-state index contributed by atoms with van der Waals surface area (Å²) < 4.78 is 23.5. The zero-order chi connectivity index (χ0) is 27.7. The molecule has 1 fully saturated rings. The highest BCUT2D eigenvalue weighted by molar-refractivity contribution is 5.95. The summed E-state index contributed by atoms with van der Waals surface area (Å²) in [6.45, 7) is 6.77. The Morgan fingerprint density at radius 2 is 1.74 bits per heavy atom. The number of hydrogen-bond acceptors (Lipinski definition) is 11. The lowest BCUT2D eigenvalue weighted by Crippen LogP contribution is -2.40. The van der Waals surface area contributed by atoms with Crippen LogP contribution in [0.3, 0.4) is 0 Å². The maximum absolute atomic E-state index is 12.9. The van der Waals surface area contributed by atoms with Crippen LogP contribution in [-0.4, -0.2) is 68.3 Å². The van der Waals surface area contributed by atoms with E-state index in [1.807, 2.05) is 0 Å². The van der Waals surface area contributed by atoms with E-state index in [0.717, 1.165) is 0 Å². The van der Waals surface area contributed by atoms with Gasteiger partial charge in [-0.05, 0) is 12.1 Å². The van der Waals surface area contributed by atoms with E-state index in [0.29, 0.717) is 16.6 Å². The highest BCUT2D eigenvalue weighted by atomic mass is 16.7. The zero-order valence-corrected chi connectivity index (χ0v) is 21.3. The van der Waals surface area contributed by atoms with Crippen molar-refractivity contribution < 1.29 is 38.1 Å². The zero-order valence-electron chi connectivity index (χ0n) is 21.3. The van der Waals surface area contributed by atoms with Crippen LogP contribution in [0.15, 0.2) is 23.3 Å². The molecule has 4 atom stereocenters. The molecule has 1 saturated heterocycles. The number of aromatic nitrogens is 4. The lowest BCUT2D eigenvalue weighted by molar-refractivity contribution is -0.166. The van der Waals surface area contributed by atoms with E-state index in [-0.39, 0.29) is 29.8 Å². The molecule has 0 spiro atoms. The number of benzene rings is 1. The lowest BCUT2D eigenvalue weighted by Gasteiger charge is -2.24. The van der Waals surface area contributed by atoms with Crippen molar-refractivity contribution in [3.8, 4) is 0 Å². The van der Waals surface area contributed by atoms with Gasteiger partial charge in [-0.25, -0.2) is 9.97 Å². The largest absolute Gasteiger partial charge is 0.463 e. The molecule has 202 valence electrons. The van der Waals surface area contributed by atoms with E-state index < -0.39 is 48.0 Å². The molecule has 1 aliphatic heterocycles. The van der Waals surface area contributed by atoms with Crippen LogP contribution in [0.5, 0.6) is 0 Å². The fourth-order valence-electron chi connectivity index (χ4n) is 4.10. The van der Waals surface area contributed by atoms with Crippen LogP contribution >= 0.6 is 0 Å². The second-order valence-electron chi connectivity index (χ2n) is 9.08. The van der Waals surface area contributed by atoms with Gasteiger partial charge in [-0.2, -0.15) is 0 Å². The first-order chi connectivity index (χ1) is 17.9. The van der Waals surface area contributed by atoms with Crippen LogP contribution in [-0.2, 0) is 38.1 Å². The Labute approximate surface area is 215 Å². The van der Waals surface area contributed by atoms with E-state index in [2.05, 4.69) is 20.3 Å². The number of aromatic amines is 1. The Morgan fingerprint density at radius 1 is 1.05 bits per heavy atom. The van der Waals surface area contributed by atoms with Gasteiger partial charge in [0.15, 0.2) is 18.4 Å². The Bertz CT molecular complexity index is 1480. The van der Waals surface area contributed by atoms with Gasteiger partial charge in [-0.3, -0.25) is 34.3 Å². The summed E-state index contributed by atoms with van der Waals surface area (Å²) in [6.07, 6.45) is -2.78. The Hall–Kier alpha value is -4.33. The maximum Gasteiger partial charge on any atom is 0.303 e. The number of anilines is 1. The topological polar surface area (TPSA) is 181 Å². The molecule has 2 N–H and O–H groups in total. The summed E-state index contributed by atoms with van der Waals surface area (Å²) in [7, 11) is 0. The summed E-state index contributed by atoms with van der Waals surface area (Å²) in [4.78, 5) is 71.3. The smallest absolute Gasteiger partial charge is 0.303 e. The van der Waals surface area contributed by atoms with Crippen LogP contribution in [0.1, 0.15) is 40.8 Å². The van der Waals surface area contributed by atoms with Gasteiger partial charge in [-0.15, -0.1) is 0 Å². The monoisotopic (exact) mass is 529 g/mol. The molecule has 4 rings (SSSR count). The molecule has 0 bridgehead atoms. The first-order valence-electron chi connectivity index (χ1n) is 11.8. The molecule has 38 heavy (non-hydrogen) atoms. The predicted molar refractivity (Wildman–Crippen MR) is 131 cm³/mol. The second kappa shape index (κ2) is 10.6. The molecule has 14 nitrogen and oxygen atoms in total. The SMILES string of the molecule is CC(=O)OC[C@H]1O[C@@H](n2cnc3cc4nc(NC(=O)C(C)C)[nH]c(=O)c4cc32)[C@H](OC(C)=O)[C@@H]1OC(C)=O. The molecule has 2 aromatic heterocycles. The minimum atomic E-state index is -1.12. The first-order valence-corrected chi connectivity index (χ1v) is 11.8. The molecule has 0 radical (unpaired) electrons. The average molecular weight is 530 g/mol. The molecule has 14 heteroatoms. The number of hydrogen-bond donors (Lipinski definition) is 2. The number of ether oxygens (including phenoxy) is 4. The van der Waals surface area contributed by atoms with E-state index >= 15 is 0 Å². The summed E-state index contributed by atoms with van der Waals surface area (Å²) in [5, 5.41) is 2.77. The molecule has 1 amide bonds. The minimum absolute atomic E-state index is 0.00608. The normalized spacial score (nSPS) is 21.0. The van der Waals surface area contributed by atoms with Crippen molar-refractivity contribution in [2.24, 2.45) is 5.92 Å². The molecule has 0 unspecified atom stereocenters. The third-order valence-electron chi connectivity index (χ3n) is 5.78. The standard InChI is InChI=1S/C24H27N5O9/c1-10(2)21(33)27-24-26-15-7-16-17(6-14(15)22(34)28-24)29(9-25-16)23-20(37-13(5)32)19(36-12(4)31)18(38-23)8-35-11(3)30/h6-7,9-10,18-20,23H,8H2,1-5H3,(H2,26,27,28,33,34)/t18-,19-,20-,23-/m1/s1. The number of rotatable bonds is 7. The maximum atomic E-state index is 12.9. The number of carbonyl (C=O) groups is 4. The van der Waals surface area contributed by atoms with Crippen molar-refractivity contribution in [1.82, 2.24) is 19.5 Å². The number of fused-ring (bicyclic) bond motifs is 2. The Morgan fingerprint density at radius 3 is 2.37 bits per heavy atom. The number of carbonyl (C=O) groups excluding carboxylic acids is 4. The molecular formula is C24H27N5O9. The van der Waals surface area contributed by atoms with Gasteiger partial charge in [0.25, 0.3) is 5.56 Å². The third kappa shape index (κ3) is 5.49. The highest BCUT2D eigenvalue weighted by Crippen LogP contribution is 2.36. The van der Waals surface area contributed by atoms with Crippen molar-refractivity contribution in [2.45, 2.75) is 59.2 Å². The van der Waals surface area contributed by atoms with Crippen molar-refractivity contribution in [1.29, 1.82) is 0 Å². The van der Waals surface area contributed by atoms with Crippen molar-refractivity contribution >= 4 is 51.7 Å². The van der Waals surface area contributed by atoms with Crippen LogP contribution in [0.2, 0.25) is 0 Å². The Balaban J connectivity index is 1.77. The number of amides is 1. The third-order valence-corrected chi connectivity index (χ3v) is 5.78. The summed E-state index contributed by atoms with van der Waals surface area (Å²) in [6, 6.07) is 3.10. The van der Waals surface area contributed by atoms with Crippen molar-refractivity contribution in [2.75, 3.05) is 11.9 Å².